The minimum absolute atomic E-state index is 0.00549. The summed E-state index contributed by atoms with van der Waals surface area (Å²) in [5.74, 6) is 0.456. The Morgan fingerprint density at radius 3 is 2.23 bits per heavy atom. The summed E-state index contributed by atoms with van der Waals surface area (Å²) in [6, 6.07) is 0. The molecule has 0 aromatic carbocycles. The number of carbonyl (C=O) groups excluding carboxylic acids is 3. The molecule has 5 nitrogen and oxygen atoms in total. The number of likely N-dealkylation sites (tertiary alicyclic amines) is 1. The maximum absolute atomic E-state index is 12.1. The Kier molecular flexibility index (Phi) is 7.56. The molecule has 0 aromatic heterocycles. The van der Waals surface area contributed by atoms with Crippen LogP contribution in [0.2, 0.25) is 0 Å². The highest BCUT2D eigenvalue weighted by Crippen LogP contribution is 2.31. The summed E-state index contributed by atoms with van der Waals surface area (Å²) in [6.45, 7) is 6.50. The molecular weight excluding hydrogens is 280 g/mol. The molecular formula is C17H30N2O3. The third-order valence-corrected chi connectivity index (χ3v) is 4.73. The van der Waals surface area contributed by atoms with Crippen LogP contribution in [0.3, 0.4) is 0 Å². The fraction of sp³-hybridized carbons (Fsp3) is 0.824. The van der Waals surface area contributed by atoms with Gasteiger partial charge in [0, 0.05) is 31.8 Å². The zero-order valence-electron chi connectivity index (χ0n) is 14.4. The number of nitrogens with zero attached hydrogens (tertiary/aromatic N) is 1. The van der Waals surface area contributed by atoms with Gasteiger partial charge in [0.05, 0.1) is 0 Å². The third-order valence-electron chi connectivity index (χ3n) is 4.73. The van der Waals surface area contributed by atoms with Crippen molar-refractivity contribution < 1.29 is 14.4 Å². The van der Waals surface area contributed by atoms with Gasteiger partial charge in [0.15, 0.2) is 0 Å². The number of hydrogen-bond donors (Lipinski definition) is 1. The molecule has 22 heavy (non-hydrogen) atoms. The lowest BCUT2D eigenvalue weighted by molar-refractivity contribution is -0.140. The summed E-state index contributed by atoms with van der Waals surface area (Å²) >= 11 is 0. The fourth-order valence-corrected chi connectivity index (χ4v) is 3.33. The van der Waals surface area contributed by atoms with Gasteiger partial charge in [-0.1, -0.05) is 20.8 Å². The number of carbonyl (C=O) groups is 3. The lowest BCUT2D eigenvalue weighted by Gasteiger charge is -2.29. The number of rotatable bonds is 4. The molecule has 1 saturated carbocycles. The third kappa shape index (κ3) is 4.31. The second-order valence-electron chi connectivity index (χ2n) is 5.98. The van der Waals surface area contributed by atoms with Crippen molar-refractivity contribution in [3.8, 4) is 0 Å². The van der Waals surface area contributed by atoms with E-state index in [1.165, 1.54) is 4.90 Å². The van der Waals surface area contributed by atoms with Crippen molar-refractivity contribution in [2.75, 3.05) is 13.6 Å². The molecule has 126 valence electrons. The van der Waals surface area contributed by atoms with Crippen molar-refractivity contribution >= 4 is 17.7 Å². The number of amides is 3. The van der Waals surface area contributed by atoms with Gasteiger partial charge in [0.2, 0.25) is 17.7 Å². The maximum Gasteiger partial charge on any atom is 0.232 e. The van der Waals surface area contributed by atoms with Crippen LogP contribution in [-0.4, -0.2) is 36.2 Å². The highest BCUT2D eigenvalue weighted by Gasteiger charge is 2.39. The molecule has 1 unspecified atom stereocenters. The van der Waals surface area contributed by atoms with Crippen molar-refractivity contribution in [1.82, 2.24) is 10.2 Å². The standard InChI is InChI=1S/C15H24N2O3.C2H6/c1-3-11-8-13(18)17(15(11)20)9-10-4-6-12(7-5-10)14(19)16-2;1-2/h10-12H,3-9H2,1-2H3,(H,16,19);1-2H3. The molecule has 5 heteroatoms. The first kappa shape index (κ1) is 18.7. The molecule has 2 fully saturated rings. The summed E-state index contributed by atoms with van der Waals surface area (Å²) in [6.07, 6.45) is 4.68. The largest absolute Gasteiger partial charge is 0.359 e. The molecule has 1 aliphatic heterocycles. The number of hydrogen-bond acceptors (Lipinski definition) is 3. The van der Waals surface area contributed by atoms with Crippen LogP contribution in [0.15, 0.2) is 0 Å². The second kappa shape index (κ2) is 8.91. The Hall–Kier alpha value is -1.39. The molecule has 0 aromatic rings. The van der Waals surface area contributed by atoms with Gasteiger partial charge in [-0.3, -0.25) is 19.3 Å². The van der Waals surface area contributed by atoms with Gasteiger partial charge in [0.1, 0.15) is 0 Å². The first-order chi connectivity index (χ1) is 10.6. The van der Waals surface area contributed by atoms with Crippen molar-refractivity contribution in [3.05, 3.63) is 0 Å². The van der Waals surface area contributed by atoms with Crippen LogP contribution in [0.4, 0.5) is 0 Å². The Balaban J connectivity index is 0.00000116. The molecule has 0 radical (unpaired) electrons. The van der Waals surface area contributed by atoms with Crippen LogP contribution in [-0.2, 0) is 14.4 Å². The summed E-state index contributed by atoms with van der Waals surface area (Å²) in [4.78, 5) is 37.0. The van der Waals surface area contributed by atoms with Gasteiger partial charge in [-0.2, -0.15) is 0 Å². The minimum atomic E-state index is -0.107. The summed E-state index contributed by atoms with van der Waals surface area (Å²) in [5, 5.41) is 2.69. The molecule has 0 bridgehead atoms. The predicted molar refractivity (Wildman–Crippen MR) is 86.0 cm³/mol. The monoisotopic (exact) mass is 310 g/mol. The quantitative estimate of drug-likeness (QED) is 0.811. The van der Waals surface area contributed by atoms with E-state index >= 15 is 0 Å². The minimum Gasteiger partial charge on any atom is -0.359 e. The van der Waals surface area contributed by atoms with Gasteiger partial charge in [-0.15, -0.1) is 0 Å². The van der Waals surface area contributed by atoms with Crippen molar-refractivity contribution in [2.45, 2.75) is 59.3 Å². The van der Waals surface area contributed by atoms with E-state index in [2.05, 4.69) is 5.32 Å². The summed E-state index contributed by atoms with van der Waals surface area (Å²) < 4.78 is 0. The molecule has 3 amide bonds. The van der Waals surface area contributed by atoms with Gasteiger partial charge >= 0.3 is 0 Å². The Labute approximate surface area is 133 Å². The van der Waals surface area contributed by atoms with E-state index in [1.54, 1.807) is 7.05 Å². The number of imide groups is 1. The van der Waals surface area contributed by atoms with Crippen LogP contribution in [0.25, 0.3) is 0 Å². The normalized spacial score (nSPS) is 28.2. The van der Waals surface area contributed by atoms with Crippen LogP contribution in [0.5, 0.6) is 0 Å². The van der Waals surface area contributed by atoms with Crippen LogP contribution < -0.4 is 5.32 Å². The smallest absolute Gasteiger partial charge is 0.232 e. The van der Waals surface area contributed by atoms with Crippen molar-refractivity contribution in [3.63, 3.8) is 0 Å². The fourth-order valence-electron chi connectivity index (χ4n) is 3.33. The van der Waals surface area contributed by atoms with E-state index in [-0.39, 0.29) is 29.6 Å². The zero-order chi connectivity index (χ0) is 16.7. The van der Waals surface area contributed by atoms with Gasteiger partial charge < -0.3 is 5.32 Å². The van der Waals surface area contributed by atoms with Gasteiger partial charge in [-0.25, -0.2) is 0 Å². The average Bonchev–Trinajstić information content (AvgIpc) is 2.84. The van der Waals surface area contributed by atoms with Gasteiger partial charge in [-0.05, 0) is 38.0 Å². The van der Waals surface area contributed by atoms with E-state index in [9.17, 15) is 14.4 Å². The maximum atomic E-state index is 12.1. The van der Waals surface area contributed by atoms with Crippen molar-refractivity contribution in [1.29, 1.82) is 0 Å². The highest BCUT2D eigenvalue weighted by atomic mass is 16.2. The molecule has 1 saturated heterocycles. The Morgan fingerprint density at radius 2 is 1.77 bits per heavy atom. The number of nitrogens with one attached hydrogen (secondary N) is 1. The first-order valence-electron chi connectivity index (χ1n) is 8.62. The lowest BCUT2D eigenvalue weighted by atomic mass is 9.81. The van der Waals surface area contributed by atoms with Crippen LogP contribution >= 0.6 is 0 Å². The SMILES string of the molecule is CC.CCC1CC(=O)N(CC2CCC(C(=O)NC)CC2)C1=O. The van der Waals surface area contributed by atoms with Crippen molar-refractivity contribution in [2.24, 2.45) is 17.8 Å². The van der Waals surface area contributed by atoms with E-state index in [4.69, 9.17) is 0 Å². The Morgan fingerprint density at radius 1 is 1.18 bits per heavy atom. The van der Waals surface area contributed by atoms with Crippen LogP contribution in [0, 0.1) is 17.8 Å². The molecule has 2 rings (SSSR count). The molecule has 1 aliphatic carbocycles. The molecule has 1 N–H and O–H groups in total. The predicted octanol–water partition coefficient (Wildman–Crippen LogP) is 2.35. The summed E-state index contributed by atoms with van der Waals surface area (Å²) in [5.41, 5.74) is 0. The van der Waals surface area contributed by atoms with E-state index < -0.39 is 0 Å². The molecule has 1 heterocycles. The summed E-state index contributed by atoms with van der Waals surface area (Å²) in [7, 11) is 1.67. The van der Waals surface area contributed by atoms with Crippen LogP contribution in [0.1, 0.15) is 59.3 Å². The second-order valence-corrected chi connectivity index (χ2v) is 5.98. The molecule has 1 atom stereocenters. The topological polar surface area (TPSA) is 66.5 Å². The average molecular weight is 310 g/mol. The zero-order valence-corrected chi connectivity index (χ0v) is 14.4. The molecule has 0 spiro atoms. The first-order valence-corrected chi connectivity index (χ1v) is 8.62. The lowest BCUT2D eigenvalue weighted by Crippen LogP contribution is -2.38. The van der Waals surface area contributed by atoms with Gasteiger partial charge in [0.25, 0.3) is 0 Å². The Bertz CT molecular complexity index is 401. The highest BCUT2D eigenvalue weighted by molar-refractivity contribution is 6.03. The molecule has 2 aliphatic rings. The van der Waals surface area contributed by atoms with E-state index in [0.29, 0.717) is 18.9 Å². The van der Waals surface area contributed by atoms with E-state index in [1.807, 2.05) is 20.8 Å². The van der Waals surface area contributed by atoms with E-state index in [0.717, 1.165) is 32.1 Å².